The van der Waals surface area contributed by atoms with Gasteiger partial charge in [-0.15, -0.1) is 0 Å². The molecule has 0 atom stereocenters. The van der Waals surface area contributed by atoms with Crippen molar-refractivity contribution in [2.75, 3.05) is 19.8 Å². The first-order chi connectivity index (χ1) is 7.79. The summed E-state index contributed by atoms with van der Waals surface area (Å²) >= 11 is 0. The molecule has 16 heavy (non-hydrogen) atoms. The molecule has 1 fully saturated rings. The van der Waals surface area contributed by atoms with E-state index in [9.17, 15) is 4.79 Å². The number of carboxylic acids is 1. The number of aryl methyl sites for hydroxylation is 1. The van der Waals surface area contributed by atoms with Crippen molar-refractivity contribution in [3.05, 3.63) is 35.9 Å². The molecule has 0 aliphatic carbocycles. The fourth-order valence-corrected chi connectivity index (χ4v) is 1.34. The van der Waals surface area contributed by atoms with Gasteiger partial charge in [0.05, 0.1) is 0 Å². The number of benzene rings is 1. The van der Waals surface area contributed by atoms with Crippen LogP contribution >= 0.6 is 0 Å². The Morgan fingerprint density at radius 2 is 1.81 bits per heavy atom. The average Bonchev–Trinajstić information content (AvgIpc) is 2.86. The van der Waals surface area contributed by atoms with Crippen LogP contribution in [0.3, 0.4) is 0 Å². The molecule has 88 valence electrons. The number of nitrogens with one attached hydrogen (secondary N) is 2. The summed E-state index contributed by atoms with van der Waals surface area (Å²) in [5.41, 5.74) is 1.08. The first-order valence-corrected chi connectivity index (χ1v) is 5.46. The van der Waals surface area contributed by atoms with Crippen molar-refractivity contribution in [1.82, 2.24) is 10.6 Å². The smallest absolute Gasteiger partial charge is 0.303 e. The van der Waals surface area contributed by atoms with E-state index >= 15 is 0 Å². The number of hydrogen-bond acceptors (Lipinski definition) is 3. The molecule has 1 saturated heterocycles. The Hall–Kier alpha value is -1.39. The summed E-state index contributed by atoms with van der Waals surface area (Å²) in [7, 11) is 0. The molecule has 0 aromatic heterocycles. The number of hydrogen-bond donors (Lipinski definition) is 3. The molecule has 1 aromatic rings. The second-order valence-corrected chi connectivity index (χ2v) is 3.56. The van der Waals surface area contributed by atoms with Gasteiger partial charge in [0.2, 0.25) is 0 Å². The fraction of sp³-hybridized carbons (Fsp3) is 0.417. The second-order valence-electron chi connectivity index (χ2n) is 3.56. The van der Waals surface area contributed by atoms with Gasteiger partial charge in [-0.1, -0.05) is 30.3 Å². The highest BCUT2D eigenvalue weighted by atomic mass is 16.4. The summed E-state index contributed by atoms with van der Waals surface area (Å²) in [5.74, 6) is -0.742. The molecule has 0 amide bonds. The fourth-order valence-electron chi connectivity index (χ4n) is 1.34. The Morgan fingerprint density at radius 3 is 2.25 bits per heavy atom. The minimum atomic E-state index is -0.742. The summed E-state index contributed by atoms with van der Waals surface area (Å²) < 4.78 is 0. The van der Waals surface area contributed by atoms with Crippen molar-refractivity contribution in [3.63, 3.8) is 0 Å². The van der Waals surface area contributed by atoms with Crippen LogP contribution in [0.1, 0.15) is 12.0 Å². The highest BCUT2D eigenvalue weighted by Crippen LogP contribution is 2.01. The molecule has 1 aromatic carbocycles. The maximum Gasteiger partial charge on any atom is 0.303 e. The maximum absolute atomic E-state index is 10.2. The van der Waals surface area contributed by atoms with Crippen LogP contribution < -0.4 is 10.6 Å². The van der Waals surface area contributed by atoms with Gasteiger partial charge in [-0.25, -0.2) is 0 Å². The van der Waals surface area contributed by atoms with Crippen LogP contribution in [0.5, 0.6) is 0 Å². The topological polar surface area (TPSA) is 61.4 Å². The Bertz CT molecular complexity index is 290. The molecule has 0 unspecified atom stereocenters. The monoisotopic (exact) mass is 222 g/mol. The normalized spacial score (nSPS) is 14.0. The molecule has 0 saturated carbocycles. The van der Waals surface area contributed by atoms with Crippen molar-refractivity contribution in [1.29, 1.82) is 0 Å². The second kappa shape index (κ2) is 7.84. The number of carbonyl (C=O) groups is 1. The highest BCUT2D eigenvalue weighted by Gasteiger charge is 1.96. The molecular weight excluding hydrogens is 204 g/mol. The van der Waals surface area contributed by atoms with Crippen LogP contribution in [-0.4, -0.2) is 30.8 Å². The Morgan fingerprint density at radius 1 is 1.19 bits per heavy atom. The quantitative estimate of drug-likeness (QED) is 0.709. The van der Waals surface area contributed by atoms with Crippen molar-refractivity contribution >= 4 is 5.97 Å². The van der Waals surface area contributed by atoms with Gasteiger partial charge in [0, 0.05) is 26.2 Å². The molecule has 0 bridgehead atoms. The predicted octanol–water partition coefficient (Wildman–Crippen LogP) is 0.840. The van der Waals surface area contributed by atoms with Gasteiger partial charge < -0.3 is 15.7 Å². The summed E-state index contributed by atoms with van der Waals surface area (Å²) in [6, 6.07) is 9.62. The van der Waals surface area contributed by atoms with Gasteiger partial charge in [-0.05, 0) is 12.0 Å². The molecule has 4 heteroatoms. The van der Waals surface area contributed by atoms with E-state index in [4.69, 9.17) is 5.11 Å². The van der Waals surface area contributed by atoms with E-state index in [1.165, 1.54) is 0 Å². The van der Waals surface area contributed by atoms with Crippen molar-refractivity contribution in [2.24, 2.45) is 0 Å². The molecule has 3 N–H and O–H groups in total. The Kier molecular flexibility index (Phi) is 6.22. The van der Waals surface area contributed by atoms with Crippen molar-refractivity contribution < 1.29 is 9.90 Å². The zero-order valence-corrected chi connectivity index (χ0v) is 9.28. The third-order valence-corrected chi connectivity index (χ3v) is 2.20. The summed E-state index contributed by atoms with van der Waals surface area (Å²) in [6.07, 6.45) is 0.834. The zero-order valence-electron chi connectivity index (χ0n) is 9.28. The number of aliphatic carboxylic acids is 1. The molecule has 0 spiro atoms. The van der Waals surface area contributed by atoms with Crippen LogP contribution in [0.15, 0.2) is 30.3 Å². The van der Waals surface area contributed by atoms with E-state index in [0.29, 0.717) is 6.42 Å². The number of carboxylic acid groups (broad SMARTS) is 1. The summed E-state index contributed by atoms with van der Waals surface area (Å²) in [6.45, 7) is 3.28. The first-order valence-electron chi connectivity index (χ1n) is 5.46. The van der Waals surface area contributed by atoms with Crippen LogP contribution in [0.4, 0.5) is 0 Å². The van der Waals surface area contributed by atoms with Crippen LogP contribution in [0.2, 0.25) is 0 Å². The SMILES string of the molecule is C1CNCN1.O=C(O)CCc1ccccc1. The molecule has 1 aliphatic rings. The predicted molar refractivity (Wildman–Crippen MR) is 63.3 cm³/mol. The molecular formula is C12H18N2O2. The largest absolute Gasteiger partial charge is 0.481 e. The van der Waals surface area contributed by atoms with Crippen molar-refractivity contribution in [2.45, 2.75) is 12.8 Å². The van der Waals surface area contributed by atoms with E-state index in [-0.39, 0.29) is 6.42 Å². The van der Waals surface area contributed by atoms with Crippen LogP contribution in [0, 0.1) is 0 Å². The van der Waals surface area contributed by atoms with Crippen LogP contribution in [-0.2, 0) is 11.2 Å². The summed E-state index contributed by atoms with van der Waals surface area (Å²) in [5, 5.41) is 14.6. The minimum absolute atomic E-state index is 0.212. The minimum Gasteiger partial charge on any atom is -0.481 e. The summed E-state index contributed by atoms with van der Waals surface area (Å²) in [4.78, 5) is 10.2. The average molecular weight is 222 g/mol. The first kappa shape index (κ1) is 12.7. The van der Waals surface area contributed by atoms with E-state index in [2.05, 4.69) is 10.6 Å². The van der Waals surface area contributed by atoms with Gasteiger partial charge >= 0.3 is 5.97 Å². The van der Waals surface area contributed by atoms with E-state index in [1.807, 2.05) is 30.3 Å². The molecule has 2 rings (SSSR count). The van der Waals surface area contributed by atoms with Gasteiger partial charge in [-0.2, -0.15) is 0 Å². The lowest BCUT2D eigenvalue weighted by Gasteiger charge is -1.95. The Balaban J connectivity index is 0.000000212. The Labute approximate surface area is 95.7 Å². The molecule has 1 aliphatic heterocycles. The molecule has 4 nitrogen and oxygen atoms in total. The standard InChI is InChI=1S/C9H10O2.C3H8N2/c10-9(11)7-6-8-4-2-1-3-5-8;1-2-5-3-4-1/h1-5H,6-7H2,(H,10,11);4-5H,1-3H2. The third-order valence-electron chi connectivity index (χ3n) is 2.20. The van der Waals surface area contributed by atoms with Gasteiger partial charge in [0.25, 0.3) is 0 Å². The van der Waals surface area contributed by atoms with Crippen molar-refractivity contribution in [3.8, 4) is 0 Å². The van der Waals surface area contributed by atoms with E-state index in [1.54, 1.807) is 0 Å². The lowest BCUT2D eigenvalue weighted by Crippen LogP contribution is -2.11. The molecule has 0 radical (unpaired) electrons. The van der Waals surface area contributed by atoms with Gasteiger partial charge in [0.15, 0.2) is 0 Å². The highest BCUT2D eigenvalue weighted by molar-refractivity contribution is 5.67. The van der Waals surface area contributed by atoms with Crippen LogP contribution in [0.25, 0.3) is 0 Å². The molecule has 1 heterocycles. The van der Waals surface area contributed by atoms with E-state index in [0.717, 1.165) is 25.3 Å². The number of rotatable bonds is 3. The third kappa shape index (κ3) is 6.16. The lowest BCUT2D eigenvalue weighted by molar-refractivity contribution is -0.136. The van der Waals surface area contributed by atoms with Gasteiger partial charge in [-0.3, -0.25) is 4.79 Å². The zero-order chi connectivity index (χ0) is 11.6. The van der Waals surface area contributed by atoms with E-state index < -0.39 is 5.97 Å². The van der Waals surface area contributed by atoms with Gasteiger partial charge in [0.1, 0.15) is 0 Å². The maximum atomic E-state index is 10.2. The lowest BCUT2D eigenvalue weighted by atomic mass is 10.1.